The van der Waals surface area contributed by atoms with Crippen LogP contribution in [-0.2, 0) is 0 Å². The molecule has 0 aliphatic heterocycles. The normalized spacial score (nSPS) is 23.0. The van der Waals surface area contributed by atoms with Crippen molar-refractivity contribution in [2.45, 2.75) is 94.4 Å². The van der Waals surface area contributed by atoms with Crippen molar-refractivity contribution >= 4 is 0 Å². The third kappa shape index (κ3) is 15.7. The van der Waals surface area contributed by atoms with Crippen molar-refractivity contribution in [3.63, 3.8) is 0 Å². The van der Waals surface area contributed by atoms with E-state index in [4.69, 9.17) is 0 Å². The first-order valence-corrected chi connectivity index (χ1v) is 7.60. The van der Waals surface area contributed by atoms with Gasteiger partial charge in [0.15, 0.2) is 0 Å². The average molecular weight is 271 g/mol. The minimum atomic E-state index is 0. The molecule has 0 aromatic carbocycles. The highest BCUT2D eigenvalue weighted by Gasteiger charge is 2.13. The molecule has 1 saturated carbocycles. The van der Waals surface area contributed by atoms with Crippen LogP contribution in [-0.4, -0.2) is 0 Å². The fourth-order valence-electron chi connectivity index (χ4n) is 2.12. The Kier molecular flexibility index (Phi) is 17.7. The summed E-state index contributed by atoms with van der Waals surface area (Å²) in [6, 6.07) is 0. The van der Waals surface area contributed by atoms with E-state index in [1.165, 1.54) is 50.5 Å². The largest absolute Gasteiger partial charge is 0.100 e. The van der Waals surface area contributed by atoms with Crippen LogP contribution in [0.25, 0.3) is 0 Å². The van der Waals surface area contributed by atoms with E-state index >= 15 is 0 Å². The van der Waals surface area contributed by atoms with Crippen LogP contribution in [0.15, 0.2) is 12.2 Å². The van der Waals surface area contributed by atoms with Crippen LogP contribution in [0.2, 0.25) is 0 Å². The predicted octanol–water partition coefficient (Wildman–Crippen LogP) is 7.49. The van der Waals surface area contributed by atoms with Crippen molar-refractivity contribution < 1.29 is 0 Å². The summed E-state index contributed by atoms with van der Waals surface area (Å²) in [5.41, 5.74) is 1.32. The Bertz CT molecular complexity index is 174. The Morgan fingerprint density at radius 3 is 1.68 bits per heavy atom. The quantitative estimate of drug-likeness (QED) is 0.464. The Morgan fingerprint density at radius 1 is 1.05 bits per heavy atom. The first-order valence-electron chi connectivity index (χ1n) is 7.60. The predicted molar refractivity (Wildman–Crippen MR) is 93.8 cm³/mol. The maximum Gasteiger partial charge on any atom is -0.0323 e. The van der Waals surface area contributed by atoms with Crippen molar-refractivity contribution in [3.05, 3.63) is 12.2 Å². The van der Waals surface area contributed by atoms with Crippen LogP contribution < -0.4 is 0 Å². The van der Waals surface area contributed by atoms with Gasteiger partial charge in [-0.2, -0.15) is 0 Å². The summed E-state index contributed by atoms with van der Waals surface area (Å²) in [7, 11) is 0. The molecule has 0 nitrogen and oxygen atoms in total. The van der Waals surface area contributed by atoms with Gasteiger partial charge in [0.25, 0.3) is 0 Å². The first-order chi connectivity index (χ1) is 7.95. The summed E-state index contributed by atoms with van der Waals surface area (Å²) in [4.78, 5) is 0. The van der Waals surface area contributed by atoms with Crippen LogP contribution >= 0.6 is 0 Å². The molecule has 0 amide bonds. The van der Waals surface area contributed by atoms with Gasteiger partial charge in [-0.3, -0.25) is 0 Å². The summed E-state index contributed by atoms with van der Waals surface area (Å²) >= 11 is 0. The Morgan fingerprint density at radius 2 is 1.42 bits per heavy atom. The lowest BCUT2D eigenvalue weighted by Gasteiger charge is -2.22. The van der Waals surface area contributed by atoms with E-state index in [1.54, 1.807) is 0 Å². The van der Waals surface area contributed by atoms with Gasteiger partial charge in [-0.05, 0) is 37.5 Å². The van der Waals surface area contributed by atoms with Crippen molar-refractivity contribution in [1.82, 2.24) is 0 Å². The summed E-state index contributed by atoms with van der Waals surface area (Å²) in [5.74, 6) is 2.92. The Hall–Kier alpha value is -0.260. The highest BCUT2D eigenvalue weighted by Crippen LogP contribution is 2.27. The zero-order valence-electron chi connectivity index (χ0n) is 12.9. The van der Waals surface area contributed by atoms with E-state index in [-0.39, 0.29) is 14.9 Å². The molecule has 1 aliphatic rings. The molecule has 0 heterocycles. The summed E-state index contributed by atoms with van der Waals surface area (Å²) < 4.78 is 0. The van der Waals surface area contributed by atoms with Gasteiger partial charge in [0, 0.05) is 0 Å². The zero-order valence-corrected chi connectivity index (χ0v) is 12.9. The maximum atomic E-state index is 3.86. The number of hydrogen-bond donors (Lipinski definition) is 0. The van der Waals surface area contributed by atoms with Crippen molar-refractivity contribution in [1.29, 1.82) is 0 Å². The molecule has 0 saturated heterocycles. The fourth-order valence-corrected chi connectivity index (χ4v) is 2.12. The lowest BCUT2D eigenvalue weighted by molar-refractivity contribution is 0.308. The first kappa shape index (κ1) is 23.8. The van der Waals surface area contributed by atoms with E-state index in [0.717, 1.165) is 17.8 Å². The molecular weight excluding hydrogens is 228 g/mol. The van der Waals surface area contributed by atoms with Crippen LogP contribution in [0.5, 0.6) is 0 Å². The topological polar surface area (TPSA) is 0 Å². The van der Waals surface area contributed by atoms with Crippen LogP contribution in [0.1, 0.15) is 94.4 Å². The van der Waals surface area contributed by atoms with Gasteiger partial charge < -0.3 is 0 Å². The van der Waals surface area contributed by atoms with Crippen molar-refractivity contribution in [2.24, 2.45) is 17.8 Å². The summed E-state index contributed by atoms with van der Waals surface area (Å²) in [6.07, 6.45) is 9.71. The van der Waals surface area contributed by atoms with E-state index in [0.29, 0.717) is 0 Å². The molecule has 0 aromatic rings. The molecule has 1 atom stereocenters. The number of hydrogen-bond acceptors (Lipinski definition) is 0. The van der Waals surface area contributed by atoms with Gasteiger partial charge in [-0.1, -0.05) is 80.2 Å². The smallest absolute Gasteiger partial charge is 0.0323 e. The number of rotatable bonds is 4. The van der Waals surface area contributed by atoms with Gasteiger partial charge in [0.2, 0.25) is 0 Å². The fraction of sp³-hybridized carbons (Fsp3) is 0.895. The van der Waals surface area contributed by atoms with E-state index in [2.05, 4.69) is 41.2 Å². The molecule has 0 radical (unpaired) electrons. The Balaban J connectivity index is -0.000000244. The molecule has 0 bridgehead atoms. The summed E-state index contributed by atoms with van der Waals surface area (Å²) in [6.45, 7) is 15.2. The minimum Gasteiger partial charge on any atom is -0.100 e. The molecule has 0 N–H and O–H groups in total. The Labute approximate surface area is 125 Å². The second-order valence-corrected chi connectivity index (χ2v) is 6.37. The lowest BCUT2D eigenvalue weighted by atomic mass is 9.84. The highest BCUT2D eigenvalue weighted by molar-refractivity contribution is 4.87. The van der Waals surface area contributed by atoms with Crippen LogP contribution in [0.3, 0.4) is 0 Å². The molecule has 1 unspecified atom stereocenters. The number of allylic oxidation sites excluding steroid dienone is 1. The summed E-state index contributed by atoms with van der Waals surface area (Å²) in [5, 5.41) is 0. The second kappa shape index (κ2) is 14.2. The van der Waals surface area contributed by atoms with Gasteiger partial charge in [-0.15, -0.1) is 6.58 Å². The average Bonchev–Trinajstić information content (AvgIpc) is 2.30. The van der Waals surface area contributed by atoms with Gasteiger partial charge in [0.1, 0.15) is 0 Å². The second-order valence-electron chi connectivity index (χ2n) is 6.37. The standard InChI is InChI=1S/C9H18.C8H16.2CH4/c1-5-9(4)7-6-8(2)3;1-7-3-5-8(2)6-4-7;;/h9H,2,5-7H2,1,3-4H3;7-8H,3-6H2,1-2H3;2*1H4. The van der Waals surface area contributed by atoms with Gasteiger partial charge in [-0.25, -0.2) is 0 Å². The maximum absolute atomic E-state index is 3.86. The van der Waals surface area contributed by atoms with Crippen LogP contribution in [0, 0.1) is 17.8 Å². The van der Waals surface area contributed by atoms with Crippen molar-refractivity contribution in [2.75, 3.05) is 0 Å². The molecule has 1 fully saturated rings. The van der Waals surface area contributed by atoms with Gasteiger partial charge >= 0.3 is 0 Å². The lowest BCUT2D eigenvalue weighted by Crippen LogP contribution is -2.08. The van der Waals surface area contributed by atoms with Gasteiger partial charge in [0.05, 0.1) is 0 Å². The minimum absolute atomic E-state index is 0. The van der Waals surface area contributed by atoms with Crippen molar-refractivity contribution in [3.8, 4) is 0 Å². The SMILES string of the molecule is C.C.C=C(C)CCC(C)CC.CC1CCC(C)CC1. The molecule has 0 spiro atoms. The monoisotopic (exact) mass is 270 g/mol. The zero-order chi connectivity index (χ0) is 13.3. The highest BCUT2D eigenvalue weighted by atomic mass is 14.2. The molecule has 19 heavy (non-hydrogen) atoms. The third-order valence-electron chi connectivity index (χ3n) is 4.07. The molecule has 0 heteroatoms. The van der Waals surface area contributed by atoms with E-state index in [1.807, 2.05) is 0 Å². The van der Waals surface area contributed by atoms with E-state index < -0.39 is 0 Å². The molecule has 118 valence electrons. The third-order valence-corrected chi connectivity index (χ3v) is 4.07. The molecule has 0 aromatic heterocycles. The van der Waals surface area contributed by atoms with Crippen LogP contribution in [0.4, 0.5) is 0 Å². The molecule has 1 rings (SSSR count). The van der Waals surface area contributed by atoms with E-state index in [9.17, 15) is 0 Å². The molecular formula is C19H42. The molecule has 1 aliphatic carbocycles.